The maximum Gasteiger partial charge on any atom is 0.0855 e. The minimum atomic E-state index is -1.22. The lowest BCUT2D eigenvalue weighted by atomic mass is 9.98. The third-order valence-electron chi connectivity index (χ3n) is 4.47. The second kappa shape index (κ2) is 7.33. The largest absolute Gasteiger partial charge is 0.249 e. The molecule has 0 fully saturated rings. The number of halogens is 1. The lowest BCUT2D eigenvalue weighted by Crippen LogP contribution is -1.97. The summed E-state index contributed by atoms with van der Waals surface area (Å²) < 4.78 is 14.5. The van der Waals surface area contributed by atoms with E-state index in [2.05, 4.69) is 65.1 Å². The Balaban J connectivity index is 1.94. The van der Waals surface area contributed by atoms with Crippen molar-refractivity contribution in [3.05, 3.63) is 94.1 Å². The van der Waals surface area contributed by atoms with Crippen molar-refractivity contribution in [2.75, 3.05) is 0 Å². The minimum Gasteiger partial charge on any atom is -0.249 e. The van der Waals surface area contributed by atoms with Crippen LogP contribution in [0, 0.1) is 10.5 Å². The Morgan fingerprint density at radius 3 is 2.27 bits per heavy atom. The van der Waals surface area contributed by atoms with Crippen LogP contribution in [0.2, 0.25) is 0 Å². The molecular formula is C23H17IOS. The van der Waals surface area contributed by atoms with Crippen LogP contribution in [0.25, 0.3) is 21.9 Å². The average Bonchev–Trinajstić information content (AvgIpc) is 2.68. The van der Waals surface area contributed by atoms with Crippen molar-refractivity contribution >= 4 is 44.2 Å². The second-order valence-corrected chi connectivity index (χ2v) is 8.83. The number of aryl methyl sites for hydroxylation is 1. The topological polar surface area (TPSA) is 17.1 Å². The van der Waals surface area contributed by atoms with E-state index in [-0.39, 0.29) is 0 Å². The average molecular weight is 468 g/mol. The van der Waals surface area contributed by atoms with Crippen LogP contribution in [-0.4, -0.2) is 4.21 Å². The highest BCUT2D eigenvalue weighted by atomic mass is 127. The number of hydrogen-bond acceptors (Lipinski definition) is 1. The maximum atomic E-state index is 13.3. The molecule has 0 saturated heterocycles. The molecule has 0 N–H and O–H groups in total. The van der Waals surface area contributed by atoms with Gasteiger partial charge in [-0.2, -0.15) is 0 Å². The van der Waals surface area contributed by atoms with Gasteiger partial charge in [0.05, 0.1) is 15.7 Å². The predicted octanol–water partition coefficient (Wildman–Crippen LogP) is 6.59. The van der Waals surface area contributed by atoms with E-state index in [1.54, 1.807) is 0 Å². The Labute approximate surface area is 169 Å². The maximum absolute atomic E-state index is 13.3. The van der Waals surface area contributed by atoms with Crippen LogP contribution < -0.4 is 0 Å². The first-order chi connectivity index (χ1) is 12.6. The molecule has 0 heterocycles. The highest BCUT2D eigenvalue weighted by Gasteiger charge is 2.16. The van der Waals surface area contributed by atoms with Gasteiger partial charge in [-0.15, -0.1) is 0 Å². The summed E-state index contributed by atoms with van der Waals surface area (Å²) in [4.78, 5) is 1.68. The van der Waals surface area contributed by atoms with E-state index in [1.165, 1.54) is 16.3 Å². The molecule has 4 rings (SSSR count). The highest BCUT2D eigenvalue weighted by molar-refractivity contribution is 14.1. The third-order valence-corrected chi connectivity index (χ3v) is 6.82. The van der Waals surface area contributed by atoms with Crippen LogP contribution in [0.15, 0.2) is 94.7 Å². The van der Waals surface area contributed by atoms with Crippen molar-refractivity contribution < 1.29 is 4.21 Å². The Kier molecular flexibility index (Phi) is 4.92. The molecule has 0 aliphatic rings. The quantitative estimate of drug-likeness (QED) is 0.310. The summed E-state index contributed by atoms with van der Waals surface area (Å²) in [5.41, 5.74) is 3.36. The van der Waals surface area contributed by atoms with Gasteiger partial charge in [0.25, 0.3) is 0 Å². The Morgan fingerprint density at radius 1 is 0.769 bits per heavy atom. The summed E-state index contributed by atoms with van der Waals surface area (Å²) in [6, 6.07) is 28.6. The fourth-order valence-corrected chi connectivity index (χ4v) is 5.11. The molecule has 0 spiro atoms. The molecule has 1 nitrogen and oxygen atoms in total. The van der Waals surface area contributed by atoms with E-state index < -0.39 is 10.8 Å². The van der Waals surface area contributed by atoms with Crippen LogP contribution in [0.3, 0.4) is 0 Å². The van der Waals surface area contributed by atoms with Crippen LogP contribution >= 0.6 is 22.6 Å². The molecular weight excluding hydrogens is 451 g/mol. The fraction of sp³-hybridized carbons (Fsp3) is 0.0435. The zero-order chi connectivity index (χ0) is 18.1. The summed E-state index contributed by atoms with van der Waals surface area (Å²) in [6.45, 7) is 2.04. The summed E-state index contributed by atoms with van der Waals surface area (Å²) in [6.07, 6.45) is 0. The van der Waals surface area contributed by atoms with Gasteiger partial charge in [-0.05, 0) is 70.1 Å². The van der Waals surface area contributed by atoms with Gasteiger partial charge in [-0.1, -0.05) is 66.2 Å². The molecule has 0 amide bonds. The summed E-state index contributed by atoms with van der Waals surface area (Å²) in [5, 5.41) is 2.38. The zero-order valence-corrected chi connectivity index (χ0v) is 17.3. The van der Waals surface area contributed by atoms with Crippen LogP contribution in [-0.2, 0) is 10.8 Å². The van der Waals surface area contributed by atoms with E-state index in [0.29, 0.717) is 0 Å². The molecule has 4 aromatic carbocycles. The molecule has 0 radical (unpaired) electrons. The molecule has 0 bridgehead atoms. The van der Waals surface area contributed by atoms with E-state index in [1.807, 2.05) is 49.4 Å². The van der Waals surface area contributed by atoms with E-state index in [0.717, 1.165) is 24.5 Å². The molecule has 3 heteroatoms. The van der Waals surface area contributed by atoms with E-state index in [9.17, 15) is 4.21 Å². The Bertz CT molecular complexity index is 1120. The lowest BCUT2D eigenvalue weighted by Gasteiger charge is -2.14. The van der Waals surface area contributed by atoms with Crippen molar-refractivity contribution in [1.29, 1.82) is 0 Å². The fourth-order valence-electron chi connectivity index (χ4n) is 3.14. The van der Waals surface area contributed by atoms with Gasteiger partial charge >= 0.3 is 0 Å². The predicted molar refractivity (Wildman–Crippen MR) is 118 cm³/mol. The van der Waals surface area contributed by atoms with Crippen molar-refractivity contribution in [3.63, 3.8) is 0 Å². The first-order valence-electron chi connectivity index (χ1n) is 8.40. The van der Waals surface area contributed by atoms with Crippen molar-refractivity contribution in [2.24, 2.45) is 0 Å². The van der Waals surface area contributed by atoms with Gasteiger partial charge in [0, 0.05) is 14.0 Å². The van der Waals surface area contributed by atoms with Gasteiger partial charge in [0.2, 0.25) is 0 Å². The van der Waals surface area contributed by atoms with Crippen molar-refractivity contribution in [3.8, 4) is 11.1 Å². The van der Waals surface area contributed by atoms with Gasteiger partial charge < -0.3 is 0 Å². The van der Waals surface area contributed by atoms with Crippen LogP contribution in [0.5, 0.6) is 0 Å². The van der Waals surface area contributed by atoms with Gasteiger partial charge in [-0.3, -0.25) is 0 Å². The van der Waals surface area contributed by atoms with Gasteiger partial charge in [-0.25, -0.2) is 4.21 Å². The van der Waals surface area contributed by atoms with E-state index in [4.69, 9.17) is 0 Å². The van der Waals surface area contributed by atoms with Crippen LogP contribution in [0.1, 0.15) is 5.56 Å². The normalized spacial score (nSPS) is 12.2. The molecule has 1 atom stereocenters. The third kappa shape index (κ3) is 3.21. The molecule has 0 aromatic heterocycles. The number of benzene rings is 4. The first-order valence-corrected chi connectivity index (χ1v) is 10.6. The standard InChI is InChI=1S/C23H17IOS/c1-16-10-13-18(14-11-16)26(25)22-9-5-4-8-20(22)23-19-7-3-2-6-17(19)12-15-21(23)24/h2-15H,1H3/t26-/m0/s1. The van der Waals surface area contributed by atoms with Crippen LogP contribution in [0.4, 0.5) is 0 Å². The monoisotopic (exact) mass is 468 g/mol. The SMILES string of the molecule is Cc1ccc([S@](=O)c2ccccc2-c2c(I)ccc3ccccc23)cc1. The number of hydrogen-bond donors (Lipinski definition) is 0. The molecule has 0 aliphatic heterocycles. The molecule has 0 saturated carbocycles. The summed E-state index contributed by atoms with van der Waals surface area (Å²) in [5.74, 6) is 0. The molecule has 26 heavy (non-hydrogen) atoms. The zero-order valence-electron chi connectivity index (χ0n) is 14.3. The Morgan fingerprint density at radius 2 is 1.46 bits per heavy atom. The number of fused-ring (bicyclic) bond motifs is 1. The Hall–Kier alpha value is -1.98. The summed E-state index contributed by atoms with van der Waals surface area (Å²) in [7, 11) is -1.22. The second-order valence-electron chi connectivity index (χ2n) is 6.22. The molecule has 128 valence electrons. The van der Waals surface area contributed by atoms with Crippen molar-refractivity contribution in [2.45, 2.75) is 16.7 Å². The van der Waals surface area contributed by atoms with Crippen molar-refractivity contribution in [1.82, 2.24) is 0 Å². The molecule has 0 aliphatic carbocycles. The van der Waals surface area contributed by atoms with E-state index >= 15 is 0 Å². The molecule has 4 aromatic rings. The van der Waals surface area contributed by atoms with Gasteiger partial charge in [0.15, 0.2) is 0 Å². The smallest absolute Gasteiger partial charge is 0.0855 e. The number of rotatable bonds is 3. The molecule has 0 unspecified atom stereocenters. The van der Waals surface area contributed by atoms with Gasteiger partial charge in [0.1, 0.15) is 0 Å². The first kappa shape index (κ1) is 17.4. The highest BCUT2D eigenvalue weighted by Crippen LogP contribution is 2.37. The lowest BCUT2D eigenvalue weighted by molar-refractivity contribution is 0.683. The summed E-state index contributed by atoms with van der Waals surface area (Å²) >= 11 is 2.37. The minimum absolute atomic E-state index is 0.832.